The van der Waals surface area contributed by atoms with Crippen LogP contribution in [0.1, 0.15) is 31.4 Å². The van der Waals surface area contributed by atoms with Gasteiger partial charge >= 0.3 is 11.7 Å². The smallest absolute Gasteiger partial charge is 0.333 e. The van der Waals surface area contributed by atoms with Crippen molar-refractivity contribution >= 4 is 17.1 Å². The Balaban J connectivity index is 1.76. The van der Waals surface area contributed by atoms with Crippen molar-refractivity contribution in [3.63, 3.8) is 0 Å². The molecule has 4 rings (SSSR count). The molecule has 0 amide bonds. The summed E-state index contributed by atoms with van der Waals surface area (Å²) in [6, 6.07) is 8.13. The molecule has 0 fully saturated rings. The highest BCUT2D eigenvalue weighted by Crippen LogP contribution is 2.23. The van der Waals surface area contributed by atoms with Crippen LogP contribution in [0.25, 0.3) is 22.6 Å². The van der Waals surface area contributed by atoms with Gasteiger partial charge in [-0.05, 0) is 25.8 Å². The third kappa shape index (κ3) is 6.18. The van der Waals surface area contributed by atoms with Crippen LogP contribution in [0.2, 0.25) is 0 Å². The lowest BCUT2D eigenvalue weighted by Gasteiger charge is -2.12. The van der Waals surface area contributed by atoms with E-state index in [4.69, 9.17) is 19.2 Å². The van der Waals surface area contributed by atoms with Crippen molar-refractivity contribution in [2.45, 2.75) is 53.6 Å². The Kier molecular flexibility index (Phi) is 9.10. The van der Waals surface area contributed by atoms with E-state index in [1.807, 2.05) is 45.2 Å². The Bertz CT molecular complexity index is 1560. The minimum Gasteiger partial charge on any atom is -0.442 e. The molecule has 0 aliphatic heterocycles. The Morgan fingerprint density at radius 1 is 1.08 bits per heavy atom. The van der Waals surface area contributed by atoms with E-state index in [2.05, 4.69) is 11.2 Å². The van der Waals surface area contributed by atoms with E-state index in [9.17, 15) is 14.4 Å². The lowest BCUT2D eigenvalue weighted by atomic mass is 10.1. The van der Waals surface area contributed by atoms with Gasteiger partial charge in [0.15, 0.2) is 17.9 Å². The van der Waals surface area contributed by atoms with Crippen molar-refractivity contribution in [3.8, 4) is 11.4 Å². The van der Waals surface area contributed by atoms with Crippen LogP contribution in [0.4, 0.5) is 0 Å². The van der Waals surface area contributed by atoms with Gasteiger partial charge in [0.05, 0.1) is 31.5 Å². The minimum absolute atomic E-state index is 0.180. The molecule has 4 aromatic rings. The van der Waals surface area contributed by atoms with Crippen LogP contribution >= 0.6 is 0 Å². The molecule has 0 atom stereocenters. The monoisotopic (exact) mass is 538 g/mol. The van der Waals surface area contributed by atoms with Gasteiger partial charge in [-0.2, -0.15) is 5.10 Å². The van der Waals surface area contributed by atoms with Crippen molar-refractivity contribution in [1.29, 1.82) is 0 Å². The lowest BCUT2D eigenvalue weighted by molar-refractivity contribution is -0.153. The summed E-state index contributed by atoms with van der Waals surface area (Å²) in [5.74, 6) is -0.242. The molecule has 0 aliphatic carbocycles. The number of aromatic nitrogens is 6. The number of benzene rings is 1. The molecule has 0 unspecified atom stereocenters. The fourth-order valence-electron chi connectivity index (χ4n) is 4.38. The average molecular weight is 539 g/mol. The largest absolute Gasteiger partial charge is 0.442 e. The standard InChI is InChI=1S/C27H34N6O6/c1-5-10-32-26(35)23-25(31(6-2)27(32)36)29-24(33(23)18-39-22(34)17-38-12-11-37-4)21-14-28-30(16-21)15-20-9-7-8-19(3)13-20/h7-9,13-14,16H,5-6,10-12,15,17-18H2,1-4H3. The summed E-state index contributed by atoms with van der Waals surface area (Å²) in [6.07, 6.45) is 4.06. The fourth-order valence-corrected chi connectivity index (χ4v) is 4.38. The van der Waals surface area contributed by atoms with Crippen molar-refractivity contribution in [1.82, 2.24) is 28.5 Å². The molecule has 0 saturated carbocycles. The Morgan fingerprint density at radius 3 is 2.62 bits per heavy atom. The molecule has 12 nitrogen and oxygen atoms in total. The van der Waals surface area contributed by atoms with Gasteiger partial charge in [0.25, 0.3) is 5.56 Å². The van der Waals surface area contributed by atoms with E-state index < -0.39 is 17.2 Å². The summed E-state index contributed by atoms with van der Waals surface area (Å²) in [7, 11) is 1.54. The van der Waals surface area contributed by atoms with Crippen molar-refractivity contribution in [2.75, 3.05) is 26.9 Å². The number of rotatable bonds is 13. The van der Waals surface area contributed by atoms with Crippen molar-refractivity contribution in [2.24, 2.45) is 0 Å². The highest BCUT2D eigenvalue weighted by atomic mass is 16.6. The maximum absolute atomic E-state index is 13.5. The molecule has 3 aromatic heterocycles. The Labute approximate surface area is 225 Å². The van der Waals surface area contributed by atoms with Gasteiger partial charge in [-0.25, -0.2) is 14.6 Å². The number of methoxy groups -OCH3 is 1. The van der Waals surface area contributed by atoms with Crippen LogP contribution in [0, 0.1) is 6.92 Å². The number of fused-ring (bicyclic) bond motifs is 1. The topological polar surface area (TPSA) is 124 Å². The molecule has 1 aromatic carbocycles. The summed E-state index contributed by atoms with van der Waals surface area (Å²) >= 11 is 0. The second-order valence-electron chi connectivity index (χ2n) is 9.13. The quantitative estimate of drug-likeness (QED) is 0.187. The summed E-state index contributed by atoms with van der Waals surface area (Å²) < 4.78 is 21.6. The first kappa shape index (κ1) is 28.0. The van der Waals surface area contributed by atoms with E-state index >= 15 is 0 Å². The number of hydrogen-bond donors (Lipinski definition) is 0. The summed E-state index contributed by atoms with van der Waals surface area (Å²) in [4.78, 5) is 43.7. The molecule has 208 valence electrons. The zero-order valence-electron chi connectivity index (χ0n) is 22.8. The van der Waals surface area contributed by atoms with E-state index in [0.717, 1.165) is 11.1 Å². The third-order valence-corrected chi connectivity index (χ3v) is 6.20. The highest BCUT2D eigenvalue weighted by Gasteiger charge is 2.23. The zero-order valence-corrected chi connectivity index (χ0v) is 22.8. The molecule has 0 bridgehead atoms. The Hall–Kier alpha value is -4.03. The lowest BCUT2D eigenvalue weighted by Crippen LogP contribution is -2.40. The van der Waals surface area contributed by atoms with Crippen LogP contribution in [0.5, 0.6) is 0 Å². The maximum Gasteiger partial charge on any atom is 0.333 e. The van der Waals surface area contributed by atoms with Gasteiger partial charge in [0.1, 0.15) is 12.4 Å². The van der Waals surface area contributed by atoms with Crippen LogP contribution in [-0.4, -0.2) is 61.4 Å². The molecule has 3 heterocycles. The highest BCUT2D eigenvalue weighted by molar-refractivity contribution is 5.77. The maximum atomic E-state index is 13.5. The Morgan fingerprint density at radius 2 is 1.90 bits per heavy atom. The van der Waals surface area contributed by atoms with Gasteiger partial charge in [0.2, 0.25) is 0 Å². The number of ether oxygens (including phenoxy) is 3. The predicted octanol–water partition coefficient (Wildman–Crippen LogP) is 2.17. The first-order valence-corrected chi connectivity index (χ1v) is 12.9. The minimum atomic E-state index is -0.605. The molecular formula is C27H34N6O6. The van der Waals surface area contributed by atoms with E-state index in [1.165, 1.54) is 20.8 Å². The van der Waals surface area contributed by atoms with Crippen LogP contribution in [0.3, 0.4) is 0 Å². The van der Waals surface area contributed by atoms with Crippen molar-refractivity contribution in [3.05, 3.63) is 68.6 Å². The first-order chi connectivity index (χ1) is 18.9. The number of imidazole rings is 1. The van der Waals surface area contributed by atoms with Gasteiger partial charge in [-0.15, -0.1) is 0 Å². The molecule has 0 aliphatic rings. The third-order valence-electron chi connectivity index (χ3n) is 6.20. The number of carbonyl (C=O) groups is 1. The molecule has 12 heteroatoms. The van der Waals surface area contributed by atoms with Crippen LogP contribution in [-0.2, 0) is 45.4 Å². The molecule has 0 radical (unpaired) electrons. The second-order valence-corrected chi connectivity index (χ2v) is 9.13. The number of hydrogen-bond acceptors (Lipinski definition) is 8. The van der Waals surface area contributed by atoms with Crippen LogP contribution < -0.4 is 11.2 Å². The molecule has 39 heavy (non-hydrogen) atoms. The van der Waals surface area contributed by atoms with Gasteiger partial charge in [-0.3, -0.25) is 23.2 Å². The van der Waals surface area contributed by atoms with E-state index in [-0.39, 0.29) is 37.7 Å². The van der Waals surface area contributed by atoms with Gasteiger partial charge in [0, 0.05) is 26.4 Å². The molecular weight excluding hydrogens is 504 g/mol. The number of aryl methyl sites for hydroxylation is 2. The van der Waals surface area contributed by atoms with E-state index in [1.54, 1.807) is 10.9 Å². The summed E-state index contributed by atoms with van der Waals surface area (Å²) in [6.45, 7) is 6.90. The molecule has 0 N–H and O–H groups in total. The van der Waals surface area contributed by atoms with E-state index in [0.29, 0.717) is 37.5 Å². The number of nitrogens with zero attached hydrogens (tertiary/aromatic N) is 6. The fraction of sp³-hybridized carbons (Fsp3) is 0.444. The second kappa shape index (κ2) is 12.7. The predicted molar refractivity (Wildman–Crippen MR) is 145 cm³/mol. The van der Waals surface area contributed by atoms with Gasteiger partial charge < -0.3 is 14.2 Å². The van der Waals surface area contributed by atoms with Crippen LogP contribution in [0.15, 0.2) is 46.2 Å². The summed E-state index contributed by atoms with van der Waals surface area (Å²) in [5.41, 5.74) is 2.35. The normalized spacial score (nSPS) is 11.4. The molecule has 0 spiro atoms. The average Bonchev–Trinajstić information content (AvgIpc) is 3.53. The SMILES string of the molecule is CCCn1c(=O)c2c(nc(-c3cnn(Cc4cccc(C)c4)c3)n2COC(=O)COCCOC)n(CC)c1=O. The summed E-state index contributed by atoms with van der Waals surface area (Å²) in [5, 5.41) is 4.48. The first-order valence-electron chi connectivity index (χ1n) is 12.9. The zero-order chi connectivity index (χ0) is 27.9. The molecule has 0 saturated heterocycles. The number of carbonyl (C=O) groups excluding carboxylic acids is 1. The van der Waals surface area contributed by atoms with Gasteiger partial charge in [-0.1, -0.05) is 36.8 Å². The van der Waals surface area contributed by atoms with Crippen molar-refractivity contribution < 1.29 is 19.0 Å². The number of esters is 1.